The smallest absolute Gasteiger partial charge is 0.146 e. The highest BCUT2D eigenvalue weighted by Crippen LogP contribution is 2.05. The van der Waals surface area contributed by atoms with Crippen LogP contribution in [0.5, 0.6) is 0 Å². The van der Waals surface area contributed by atoms with Crippen molar-refractivity contribution in [3.63, 3.8) is 0 Å². The van der Waals surface area contributed by atoms with E-state index in [-0.39, 0.29) is 6.04 Å². The highest BCUT2D eigenvalue weighted by atomic mass is 15.3. The molecule has 2 aromatic rings. The maximum atomic E-state index is 5.95. The molecule has 1 atom stereocenters. The Balaban J connectivity index is 2.11. The summed E-state index contributed by atoms with van der Waals surface area (Å²) in [5.41, 5.74) is 5.95. The standard InChI is InChI=1S/C11H18N6/c1-3-9(12)6-10-13-4-5-17(10)7-11-14-8-15-16(11)2/h4-5,8-9H,3,6-7,12H2,1-2H3. The van der Waals surface area contributed by atoms with Gasteiger partial charge in [-0.25, -0.2) is 9.97 Å². The Morgan fingerprint density at radius 3 is 2.82 bits per heavy atom. The average molecular weight is 234 g/mol. The number of hydrogen-bond acceptors (Lipinski definition) is 4. The lowest BCUT2D eigenvalue weighted by atomic mass is 10.1. The van der Waals surface area contributed by atoms with E-state index in [4.69, 9.17) is 5.73 Å². The molecule has 2 aromatic heterocycles. The first-order chi connectivity index (χ1) is 8.20. The molecule has 0 bridgehead atoms. The largest absolute Gasteiger partial charge is 0.327 e. The van der Waals surface area contributed by atoms with Gasteiger partial charge in [-0.1, -0.05) is 6.92 Å². The average Bonchev–Trinajstić information content (AvgIpc) is 2.90. The second kappa shape index (κ2) is 5.09. The van der Waals surface area contributed by atoms with Gasteiger partial charge in [0.2, 0.25) is 0 Å². The first kappa shape index (κ1) is 11.8. The molecule has 0 aliphatic rings. The molecule has 1 unspecified atom stereocenters. The van der Waals surface area contributed by atoms with E-state index in [0.29, 0.717) is 6.54 Å². The molecule has 0 spiro atoms. The number of hydrogen-bond donors (Lipinski definition) is 1. The third-order valence-corrected chi connectivity index (χ3v) is 2.89. The van der Waals surface area contributed by atoms with E-state index in [1.807, 2.05) is 13.2 Å². The molecule has 0 aliphatic carbocycles. The Bertz CT molecular complexity index is 472. The number of nitrogens with zero attached hydrogens (tertiary/aromatic N) is 5. The fourth-order valence-electron chi connectivity index (χ4n) is 1.67. The predicted molar refractivity (Wildman–Crippen MR) is 64.3 cm³/mol. The van der Waals surface area contributed by atoms with Gasteiger partial charge in [0.25, 0.3) is 0 Å². The van der Waals surface area contributed by atoms with Crippen LogP contribution in [-0.4, -0.2) is 30.4 Å². The predicted octanol–water partition coefficient (Wildman–Crippen LogP) is 0.340. The highest BCUT2D eigenvalue weighted by Gasteiger charge is 2.09. The van der Waals surface area contributed by atoms with E-state index in [1.165, 1.54) is 0 Å². The van der Waals surface area contributed by atoms with Gasteiger partial charge < -0.3 is 10.3 Å². The zero-order valence-corrected chi connectivity index (χ0v) is 10.2. The van der Waals surface area contributed by atoms with Gasteiger partial charge in [-0.3, -0.25) is 4.68 Å². The molecule has 0 aliphatic heterocycles. The summed E-state index contributed by atoms with van der Waals surface area (Å²) in [6, 6.07) is 0.163. The molecule has 2 N–H and O–H groups in total. The molecule has 6 nitrogen and oxygen atoms in total. The molecule has 0 radical (unpaired) electrons. The van der Waals surface area contributed by atoms with Crippen LogP contribution in [0.2, 0.25) is 0 Å². The molecule has 17 heavy (non-hydrogen) atoms. The zero-order valence-electron chi connectivity index (χ0n) is 10.2. The van der Waals surface area contributed by atoms with E-state index in [9.17, 15) is 0 Å². The molecule has 0 saturated heterocycles. The summed E-state index contributed by atoms with van der Waals surface area (Å²) in [4.78, 5) is 8.54. The summed E-state index contributed by atoms with van der Waals surface area (Å²) in [6.45, 7) is 2.77. The van der Waals surface area contributed by atoms with Crippen molar-refractivity contribution in [1.82, 2.24) is 24.3 Å². The molecular weight excluding hydrogens is 216 g/mol. The third kappa shape index (κ3) is 2.71. The van der Waals surface area contributed by atoms with Crippen molar-refractivity contribution in [2.45, 2.75) is 32.4 Å². The lowest BCUT2D eigenvalue weighted by molar-refractivity contribution is 0.580. The van der Waals surface area contributed by atoms with Crippen LogP contribution in [0.3, 0.4) is 0 Å². The highest BCUT2D eigenvalue weighted by molar-refractivity contribution is 4.98. The van der Waals surface area contributed by atoms with Crippen LogP contribution in [0.4, 0.5) is 0 Å². The van der Waals surface area contributed by atoms with Crippen LogP contribution < -0.4 is 5.73 Å². The maximum absolute atomic E-state index is 5.95. The summed E-state index contributed by atoms with van der Waals surface area (Å²) in [5.74, 6) is 1.91. The molecule has 0 fully saturated rings. The van der Waals surface area contributed by atoms with Crippen LogP contribution in [0.15, 0.2) is 18.7 Å². The molecule has 0 amide bonds. The van der Waals surface area contributed by atoms with Crippen molar-refractivity contribution in [2.24, 2.45) is 12.8 Å². The quantitative estimate of drug-likeness (QED) is 0.809. The van der Waals surface area contributed by atoms with Gasteiger partial charge in [-0.15, -0.1) is 0 Å². The molecule has 6 heteroatoms. The Morgan fingerprint density at radius 2 is 2.18 bits per heavy atom. The first-order valence-corrected chi connectivity index (χ1v) is 5.79. The second-order valence-corrected chi connectivity index (χ2v) is 4.14. The van der Waals surface area contributed by atoms with Crippen molar-refractivity contribution in [1.29, 1.82) is 0 Å². The summed E-state index contributed by atoms with van der Waals surface area (Å²) in [5, 5.41) is 4.05. The molecule has 92 valence electrons. The maximum Gasteiger partial charge on any atom is 0.146 e. The van der Waals surface area contributed by atoms with E-state index in [0.717, 1.165) is 24.5 Å². The molecule has 0 aromatic carbocycles. The van der Waals surface area contributed by atoms with Crippen LogP contribution in [0.1, 0.15) is 25.0 Å². The number of imidazole rings is 1. The fourth-order valence-corrected chi connectivity index (χ4v) is 1.67. The number of rotatable bonds is 5. The van der Waals surface area contributed by atoms with Crippen LogP contribution in [0.25, 0.3) is 0 Å². The minimum absolute atomic E-state index is 0.163. The molecular formula is C11H18N6. The normalized spacial score (nSPS) is 12.9. The van der Waals surface area contributed by atoms with E-state index < -0.39 is 0 Å². The Hall–Kier alpha value is -1.69. The van der Waals surface area contributed by atoms with Crippen molar-refractivity contribution >= 4 is 0 Å². The van der Waals surface area contributed by atoms with Crippen molar-refractivity contribution < 1.29 is 0 Å². The summed E-state index contributed by atoms with van der Waals surface area (Å²) < 4.78 is 3.84. The lowest BCUT2D eigenvalue weighted by Crippen LogP contribution is -2.24. The van der Waals surface area contributed by atoms with Gasteiger partial charge in [0.15, 0.2) is 0 Å². The van der Waals surface area contributed by atoms with E-state index in [1.54, 1.807) is 17.2 Å². The topological polar surface area (TPSA) is 74.6 Å². The molecule has 0 saturated carbocycles. The molecule has 2 heterocycles. The van der Waals surface area contributed by atoms with Crippen LogP contribution in [-0.2, 0) is 20.0 Å². The van der Waals surface area contributed by atoms with Crippen LogP contribution in [0, 0.1) is 0 Å². The number of nitrogens with two attached hydrogens (primary N) is 1. The summed E-state index contributed by atoms with van der Waals surface area (Å²) >= 11 is 0. The van der Waals surface area contributed by atoms with Gasteiger partial charge >= 0.3 is 0 Å². The minimum atomic E-state index is 0.163. The monoisotopic (exact) mass is 234 g/mol. The van der Waals surface area contributed by atoms with Gasteiger partial charge in [-0.2, -0.15) is 5.10 Å². The Labute approximate surface area is 100 Å². The third-order valence-electron chi connectivity index (χ3n) is 2.89. The number of aryl methyl sites for hydroxylation is 1. The minimum Gasteiger partial charge on any atom is -0.327 e. The zero-order chi connectivity index (χ0) is 12.3. The van der Waals surface area contributed by atoms with E-state index in [2.05, 4.69) is 26.6 Å². The lowest BCUT2D eigenvalue weighted by Gasteiger charge is -2.10. The Morgan fingerprint density at radius 1 is 1.35 bits per heavy atom. The van der Waals surface area contributed by atoms with Gasteiger partial charge in [0, 0.05) is 31.9 Å². The Kier molecular flexibility index (Phi) is 3.53. The second-order valence-electron chi connectivity index (χ2n) is 4.14. The molecule has 2 rings (SSSR count). The van der Waals surface area contributed by atoms with E-state index >= 15 is 0 Å². The fraction of sp³-hybridized carbons (Fsp3) is 0.545. The SMILES string of the molecule is CCC(N)Cc1nccn1Cc1ncnn1C. The van der Waals surface area contributed by atoms with Crippen molar-refractivity contribution in [3.8, 4) is 0 Å². The summed E-state index contributed by atoms with van der Waals surface area (Å²) in [6.07, 6.45) is 7.06. The van der Waals surface area contributed by atoms with Gasteiger partial charge in [-0.05, 0) is 6.42 Å². The number of aromatic nitrogens is 5. The van der Waals surface area contributed by atoms with Gasteiger partial charge in [0.1, 0.15) is 18.0 Å². The first-order valence-electron chi connectivity index (χ1n) is 5.79. The van der Waals surface area contributed by atoms with Crippen molar-refractivity contribution in [2.75, 3.05) is 0 Å². The van der Waals surface area contributed by atoms with Gasteiger partial charge in [0.05, 0.1) is 6.54 Å². The van der Waals surface area contributed by atoms with Crippen molar-refractivity contribution in [3.05, 3.63) is 30.4 Å². The summed E-state index contributed by atoms with van der Waals surface area (Å²) in [7, 11) is 1.89. The van der Waals surface area contributed by atoms with Crippen LogP contribution >= 0.6 is 0 Å².